The molecule has 1 aromatic carbocycles. The molecule has 0 saturated heterocycles. The molecule has 0 aliphatic heterocycles. The number of para-hydroxylation sites is 1. The molecule has 6 heteroatoms. The average Bonchev–Trinajstić information content (AvgIpc) is 2.57. The van der Waals surface area contributed by atoms with Crippen molar-refractivity contribution < 1.29 is 9.59 Å². The maximum atomic E-state index is 12.5. The van der Waals surface area contributed by atoms with Gasteiger partial charge in [-0.3, -0.25) is 9.59 Å². The Morgan fingerprint density at radius 1 is 1.25 bits per heavy atom. The van der Waals surface area contributed by atoms with Crippen molar-refractivity contribution in [3.05, 3.63) is 53.7 Å². The summed E-state index contributed by atoms with van der Waals surface area (Å²) < 4.78 is 0. The molecular formula is C18H21N3O2S. The lowest BCUT2D eigenvalue weighted by atomic mass is 10.1. The number of carbonyl (C=O) groups excluding carboxylic acids is 2. The fraction of sp³-hybridized carbons (Fsp3) is 0.278. The van der Waals surface area contributed by atoms with Crippen LogP contribution in [-0.4, -0.2) is 34.5 Å². The SMILES string of the molecule is CCSc1cc(C(=O)Nc2ccccc2CN(C)C(C)=O)ccn1. The number of pyridine rings is 1. The highest BCUT2D eigenvalue weighted by Crippen LogP contribution is 2.20. The second kappa shape index (κ2) is 8.49. The van der Waals surface area contributed by atoms with Gasteiger partial charge in [0.25, 0.3) is 5.91 Å². The van der Waals surface area contributed by atoms with Crippen LogP contribution < -0.4 is 5.32 Å². The number of amides is 2. The molecule has 2 amide bonds. The maximum absolute atomic E-state index is 12.5. The highest BCUT2D eigenvalue weighted by atomic mass is 32.2. The predicted octanol–water partition coefficient (Wildman–Crippen LogP) is 3.42. The molecule has 0 bridgehead atoms. The molecular weight excluding hydrogens is 322 g/mol. The van der Waals surface area contributed by atoms with Crippen molar-refractivity contribution in [2.75, 3.05) is 18.1 Å². The van der Waals surface area contributed by atoms with Crippen LogP contribution in [0, 0.1) is 0 Å². The highest BCUT2D eigenvalue weighted by molar-refractivity contribution is 7.99. The van der Waals surface area contributed by atoms with Gasteiger partial charge < -0.3 is 10.2 Å². The smallest absolute Gasteiger partial charge is 0.255 e. The van der Waals surface area contributed by atoms with Gasteiger partial charge in [0.15, 0.2) is 0 Å². The Morgan fingerprint density at radius 2 is 2.00 bits per heavy atom. The number of hydrogen-bond donors (Lipinski definition) is 1. The zero-order chi connectivity index (χ0) is 17.5. The lowest BCUT2D eigenvalue weighted by Crippen LogP contribution is -2.24. The van der Waals surface area contributed by atoms with Gasteiger partial charge in [-0.15, -0.1) is 11.8 Å². The van der Waals surface area contributed by atoms with Crippen LogP contribution in [0.25, 0.3) is 0 Å². The molecule has 5 nitrogen and oxygen atoms in total. The fourth-order valence-electron chi connectivity index (χ4n) is 2.12. The van der Waals surface area contributed by atoms with Gasteiger partial charge in [0, 0.05) is 38.0 Å². The highest BCUT2D eigenvalue weighted by Gasteiger charge is 2.12. The zero-order valence-corrected chi connectivity index (χ0v) is 14.9. The van der Waals surface area contributed by atoms with Crippen LogP contribution in [0.5, 0.6) is 0 Å². The predicted molar refractivity (Wildman–Crippen MR) is 97.2 cm³/mol. The van der Waals surface area contributed by atoms with E-state index in [0.29, 0.717) is 17.8 Å². The lowest BCUT2D eigenvalue weighted by molar-refractivity contribution is -0.128. The first kappa shape index (κ1) is 18.0. The van der Waals surface area contributed by atoms with Crippen LogP contribution in [0.2, 0.25) is 0 Å². The molecule has 1 aromatic heterocycles. The molecule has 0 saturated carbocycles. The Hall–Kier alpha value is -2.34. The molecule has 24 heavy (non-hydrogen) atoms. The third-order valence-corrected chi connectivity index (χ3v) is 4.31. The summed E-state index contributed by atoms with van der Waals surface area (Å²) in [5.74, 6) is 0.693. The summed E-state index contributed by atoms with van der Waals surface area (Å²) in [5, 5.41) is 3.75. The van der Waals surface area contributed by atoms with Crippen molar-refractivity contribution >= 4 is 29.3 Å². The fourth-order valence-corrected chi connectivity index (χ4v) is 2.76. The van der Waals surface area contributed by atoms with E-state index in [1.165, 1.54) is 6.92 Å². The number of thioether (sulfide) groups is 1. The van der Waals surface area contributed by atoms with E-state index < -0.39 is 0 Å². The molecule has 0 fully saturated rings. The van der Waals surface area contributed by atoms with E-state index in [2.05, 4.69) is 10.3 Å². The molecule has 0 aliphatic rings. The number of nitrogens with one attached hydrogen (secondary N) is 1. The summed E-state index contributed by atoms with van der Waals surface area (Å²) >= 11 is 1.59. The van der Waals surface area contributed by atoms with E-state index in [9.17, 15) is 9.59 Å². The molecule has 126 valence electrons. The van der Waals surface area contributed by atoms with E-state index in [1.54, 1.807) is 42.0 Å². The van der Waals surface area contributed by atoms with Gasteiger partial charge in [0.05, 0.1) is 5.03 Å². The van der Waals surface area contributed by atoms with Gasteiger partial charge in [-0.25, -0.2) is 4.98 Å². The van der Waals surface area contributed by atoms with Crippen LogP contribution >= 0.6 is 11.8 Å². The molecule has 0 atom stereocenters. The number of benzene rings is 1. The second-order valence-corrected chi connectivity index (χ2v) is 6.59. The minimum atomic E-state index is -0.187. The summed E-state index contributed by atoms with van der Waals surface area (Å²) in [5.41, 5.74) is 2.16. The van der Waals surface area contributed by atoms with Gasteiger partial charge >= 0.3 is 0 Å². The van der Waals surface area contributed by atoms with E-state index in [1.807, 2.05) is 31.2 Å². The molecule has 1 N–H and O–H groups in total. The summed E-state index contributed by atoms with van der Waals surface area (Å²) in [6, 6.07) is 11.0. The normalized spacial score (nSPS) is 10.3. The van der Waals surface area contributed by atoms with Crippen molar-refractivity contribution in [1.29, 1.82) is 0 Å². The number of anilines is 1. The number of aromatic nitrogens is 1. The van der Waals surface area contributed by atoms with Crippen molar-refractivity contribution in [3.8, 4) is 0 Å². The Labute approximate surface area is 146 Å². The molecule has 0 unspecified atom stereocenters. The Balaban J connectivity index is 2.17. The van der Waals surface area contributed by atoms with Crippen molar-refractivity contribution in [2.45, 2.75) is 25.4 Å². The van der Waals surface area contributed by atoms with E-state index in [0.717, 1.165) is 16.3 Å². The van der Waals surface area contributed by atoms with Gasteiger partial charge in [-0.1, -0.05) is 25.1 Å². The van der Waals surface area contributed by atoms with E-state index in [-0.39, 0.29) is 11.8 Å². The van der Waals surface area contributed by atoms with Crippen LogP contribution in [0.4, 0.5) is 5.69 Å². The number of hydrogen-bond acceptors (Lipinski definition) is 4. The Bertz CT molecular complexity index is 734. The first-order valence-corrected chi connectivity index (χ1v) is 8.69. The number of nitrogens with zero attached hydrogens (tertiary/aromatic N) is 2. The molecule has 0 spiro atoms. The van der Waals surface area contributed by atoms with Crippen molar-refractivity contribution in [3.63, 3.8) is 0 Å². The Morgan fingerprint density at radius 3 is 2.71 bits per heavy atom. The molecule has 1 heterocycles. The summed E-state index contributed by atoms with van der Waals surface area (Å²) in [6.45, 7) is 4.00. The molecule has 0 radical (unpaired) electrons. The monoisotopic (exact) mass is 343 g/mol. The second-order valence-electron chi connectivity index (χ2n) is 5.30. The molecule has 2 rings (SSSR count). The van der Waals surface area contributed by atoms with Crippen LogP contribution in [0.3, 0.4) is 0 Å². The summed E-state index contributed by atoms with van der Waals surface area (Å²) in [4.78, 5) is 29.8. The van der Waals surface area contributed by atoms with Gasteiger partial charge in [0.1, 0.15) is 0 Å². The maximum Gasteiger partial charge on any atom is 0.255 e. The largest absolute Gasteiger partial charge is 0.342 e. The Kier molecular flexibility index (Phi) is 6.37. The topological polar surface area (TPSA) is 62.3 Å². The minimum absolute atomic E-state index is 0.0218. The average molecular weight is 343 g/mol. The number of rotatable bonds is 6. The molecule has 0 aliphatic carbocycles. The first-order chi connectivity index (χ1) is 11.5. The van der Waals surface area contributed by atoms with Crippen LogP contribution in [0.15, 0.2) is 47.6 Å². The standard InChI is InChI=1S/C18H21N3O2S/c1-4-24-17-11-14(9-10-19-17)18(23)20-16-8-6-5-7-15(16)12-21(3)13(2)22/h5-11H,4,12H2,1-3H3,(H,20,23). The molecule has 2 aromatic rings. The third-order valence-electron chi connectivity index (χ3n) is 3.50. The third kappa shape index (κ3) is 4.83. The lowest BCUT2D eigenvalue weighted by Gasteiger charge is -2.18. The quantitative estimate of drug-likeness (QED) is 0.816. The zero-order valence-electron chi connectivity index (χ0n) is 14.1. The van der Waals surface area contributed by atoms with Crippen molar-refractivity contribution in [1.82, 2.24) is 9.88 Å². The minimum Gasteiger partial charge on any atom is -0.342 e. The first-order valence-electron chi connectivity index (χ1n) is 7.71. The van der Waals surface area contributed by atoms with E-state index in [4.69, 9.17) is 0 Å². The van der Waals surface area contributed by atoms with Crippen LogP contribution in [-0.2, 0) is 11.3 Å². The summed E-state index contributed by atoms with van der Waals surface area (Å²) in [6.07, 6.45) is 1.64. The van der Waals surface area contributed by atoms with Crippen LogP contribution in [0.1, 0.15) is 29.8 Å². The van der Waals surface area contributed by atoms with Gasteiger partial charge in [0.2, 0.25) is 5.91 Å². The van der Waals surface area contributed by atoms with Crippen molar-refractivity contribution in [2.24, 2.45) is 0 Å². The van der Waals surface area contributed by atoms with Gasteiger partial charge in [-0.2, -0.15) is 0 Å². The van der Waals surface area contributed by atoms with E-state index >= 15 is 0 Å². The van der Waals surface area contributed by atoms with Gasteiger partial charge in [-0.05, 0) is 29.5 Å². The summed E-state index contributed by atoms with van der Waals surface area (Å²) in [7, 11) is 1.73. The number of carbonyl (C=O) groups is 2.